The summed E-state index contributed by atoms with van der Waals surface area (Å²) in [5.74, 6) is 0. The highest BCUT2D eigenvalue weighted by atomic mass is 15.1. The molecule has 5 heteroatoms. The number of nitrogens with one attached hydrogen (secondary N) is 1. The van der Waals surface area contributed by atoms with Gasteiger partial charge in [0, 0.05) is 31.5 Å². The monoisotopic (exact) mass is 285 g/mol. The largest absolute Gasteiger partial charge is 0.337 e. The summed E-state index contributed by atoms with van der Waals surface area (Å²) in [6.45, 7) is 5.20. The van der Waals surface area contributed by atoms with Crippen molar-refractivity contribution in [3.63, 3.8) is 0 Å². The van der Waals surface area contributed by atoms with E-state index in [2.05, 4.69) is 37.4 Å². The van der Waals surface area contributed by atoms with E-state index in [9.17, 15) is 0 Å². The third-order valence-corrected chi connectivity index (χ3v) is 4.02. The Morgan fingerprint density at radius 1 is 1.29 bits per heavy atom. The first-order valence-corrected chi connectivity index (χ1v) is 7.75. The fourth-order valence-electron chi connectivity index (χ4n) is 2.98. The SMILES string of the molecule is CCNC1CC=C(c2cncn2CCCn2ccnc2)C1. The number of aromatic nitrogens is 4. The molecule has 1 N–H and O–H groups in total. The van der Waals surface area contributed by atoms with Crippen molar-refractivity contribution >= 4 is 5.57 Å². The summed E-state index contributed by atoms with van der Waals surface area (Å²) in [6.07, 6.45) is 15.3. The summed E-state index contributed by atoms with van der Waals surface area (Å²) < 4.78 is 4.39. The fourth-order valence-corrected chi connectivity index (χ4v) is 2.98. The van der Waals surface area contributed by atoms with Gasteiger partial charge in [-0.25, -0.2) is 9.97 Å². The van der Waals surface area contributed by atoms with Gasteiger partial charge in [0.2, 0.25) is 0 Å². The van der Waals surface area contributed by atoms with E-state index in [-0.39, 0.29) is 0 Å². The van der Waals surface area contributed by atoms with Crippen molar-refractivity contribution in [1.29, 1.82) is 0 Å². The summed E-state index contributed by atoms with van der Waals surface area (Å²) in [5.41, 5.74) is 2.71. The smallest absolute Gasteiger partial charge is 0.0950 e. The Balaban J connectivity index is 1.57. The molecule has 2 aromatic rings. The second kappa shape index (κ2) is 6.72. The lowest BCUT2D eigenvalue weighted by Crippen LogP contribution is -2.26. The highest BCUT2D eigenvalue weighted by Crippen LogP contribution is 2.28. The van der Waals surface area contributed by atoms with E-state index in [1.165, 1.54) is 11.3 Å². The number of hydrogen-bond donors (Lipinski definition) is 1. The average Bonchev–Trinajstić information content (AvgIpc) is 3.19. The van der Waals surface area contributed by atoms with Crippen molar-refractivity contribution in [3.05, 3.63) is 43.0 Å². The van der Waals surface area contributed by atoms with Gasteiger partial charge in [-0.2, -0.15) is 0 Å². The Hall–Kier alpha value is -1.88. The van der Waals surface area contributed by atoms with E-state index in [1.54, 1.807) is 0 Å². The van der Waals surface area contributed by atoms with Crippen molar-refractivity contribution < 1.29 is 0 Å². The molecular weight excluding hydrogens is 262 g/mol. The first-order chi connectivity index (χ1) is 10.4. The highest BCUT2D eigenvalue weighted by Gasteiger charge is 2.19. The standard InChI is InChI=1S/C16H23N5/c1-2-19-15-5-4-14(10-15)16-11-18-13-21(16)8-3-7-20-9-6-17-12-20/h4,6,9,11-13,15,19H,2-3,5,7-8,10H2,1H3. The lowest BCUT2D eigenvalue weighted by atomic mass is 10.1. The number of aryl methyl sites for hydroxylation is 2. The predicted molar refractivity (Wildman–Crippen MR) is 83.7 cm³/mol. The van der Waals surface area contributed by atoms with E-state index in [1.807, 2.05) is 31.2 Å². The molecule has 2 aromatic heterocycles. The molecule has 0 aromatic carbocycles. The van der Waals surface area contributed by atoms with E-state index in [4.69, 9.17) is 0 Å². The minimum atomic E-state index is 0.597. The molecule has 0 fully saturated rings. The Morgan fingerprint density at radius 3 is 3.05 bits per heavy atom. The third kappa shape index (κ3) is 3.42. The first kappa shape index (κ1) is 14.1. The Kier molecular flexibility index (Phi) is 4.50. The number of nitrogens with zero attached hydrogens (tertiary/aromatic N) is 4. The molecule has 0 saturated carbocycles. The van der Waals surface area contributed by atoms with E-state index in [0.717, 1.165) is 38.9 Å². The topological polar surface area (TPSA) is 47.7 Å². The van der Waals surface area contributed by atoms with E-state index in [0.29, 0.717) is 6.04 Å². The molecule has 0 saturated heterocycles. The molecule has 3 rings (SSSR count). The van der Waals surface area contributed by atoms with Crippen molar-refractivity contribution in [2.75, 3.05) is 6.54 Å². The molecule has 0 aliphatic heterocycles. The van der Waals surface area contributed by atoms with E-state index >= 15 is 0 Å². The highest BCUT2D eigenvalue weighted by molar-refractivity contribution is 5.65. The van der Waals surface area contributed by atoms with Crippen molar-refractivity contribution in [2.24, 2.45) is 0 Å². The van der Waals surface area contributed by atoms with Gasteiger partial charge in [0.1, 0.15) is 0 Å². The number of hydrogen-bond acceptors (Lipinski definition) is 3. The molecule has 0 bridgehead atoms. The molecule has 1 aliphatic rings. The zero-order valence-electron chi connectivity index (χ0n) is 12.6. The van der Waals surface area contributed by atoms with Crippen molar-refractivity contribution in [1.82, 2.24) is 24.4 Å². The van der Waals surface area contributed by atoms with Crippen LogP contribution in [0, 0.1) is 0 Å². The maximum absolute atomic E-state index is 4.34. The molecule has 112 valence electrons. The van der Waals surface area contributed by atoms with Crippen LogP contribution in [0.3, 0.4) is 0 Å². The molecule has 1 atom stereocenters. The zero-order chi connectivity index (χ0) is 14.5. The summed E-state index contributed by atoms with van der Waals surface area (Å²) >= 11 is 0. The van der Waals surface area contributed by atoms with Crippen LogP contribution in [0.15, 0.2) is 37.3 Å². The lowest BCUT2D eigenvalue weighted by Gasteiger charge is -2.12. The second-order valence-corrected chi connectivity index (χ2v) is 5.55. The zero-order valence-corrected chi connectivity index (χ0v) is 12.6. The fraction of sp³-hybridized carbons (Fsp3) is 0.500. The van der Waals surface area contributed by atoms with Crippen LogP contribution in [0.5, 0.6) is 0 Å². The van der Waals surface area contributed by atoms with Gasteiger partial charge in [0.15, 0.2) is 0 Å². The summed E-state index contributed by atoms with van der Waals surface area (Å²) in [7, 11) is 0. The molecule has 0 spiro atoms. The quantitative estimate of drug-likeness (QED) is 0.849. The van der Waals surface area contributed by atoms with E-state index < -0.39 is 0 Å². The average molecular weight is 285 g/mol. The molecule has 0 amide bonds. The predicted octanol–water partition coefficient (Wildman–Crippen LogP) is 2.33. The van der Waals surface area contributed by atoms with Crippen LogP contribution in [-0.4, -0.2) is 31.7 Å². The normalized spacial score (nSPS) is 18.1. The molecule has 2 heterocycles. The maximum atomic E-state index is 4.34. The molecule has 1 unspecified atom stereocenters. The van der Waals surface area contributed by atoms with Crippen LogP contribution >= 0.6 is 0 Å². The van der Waals surface area contributed by atoms with Gasteiger partial charge >= 0.3 is 0 Å². The van der Waals surface area contributed by atoms with Crippen LogP contribution in [0.1, 0.15) is 31.9 Å². The maximum Gasteiger partial charge on any atom is 0.0950 e. The Bertz CT molecular complexity index is 582. The van der Waals surface area contributed by atoms with Gasteiger partial charge in [0.25, 0.3) is 0 Å². The van der Waals surface area contributed by atoms with Gasteiger partial charge in [-0.15, -0.1) is 0 Å². The molecule has 1 aliphatic carbocycles. The van der Waals surface area contributed by atoms with Gasteiger partial charge in [-0.1, -0.05) is 13.0 Å². The summed E-state index contributed by atoms with van der Waals surface area (Å²) in [6, 6.07) is 0.597. The van der Waals surface area contributed by atoms with Gasteiger partial charge < -0.3 is 14.5 Å². The minimum absolute atomic E-state index is 0.597. The minimum Gasteiger partial charge on any atom is -0.337 e. The van der Waals surface area contributed by atoms with Crippen LogP contribution in [-0.2, 0) is 13.1 Å². The molecule has 0 radical (unpaired) electrons. The Morgan fingerprint density at radius 2 is 2.24 bits per heavy atom. The molecular formula is C16H23N5. The molecule has 21 heavy (non-hydrogen) atoms. The first-order valence-electron chi connectivity index (χ1n) is 7.75. The van der Waals surface area contributed by atoms with Crippen molar-refractivity contribution in [3.8, 4) is 0 Å². The van der Waals surface area contributed by atoms with Gasteiger partial charge in [-0.3, -0.25) is 0 Å². The lowest BCUT2D eigenvalue weighted by molar-refractivity contribution is 0.551. The van der Waals surface area contributed by atoms with Gasteiger partial charge in [-0.05, 0) is 31.4 Å². The second-order valence-electron chi connectivity index (χ2n) is 5.55. The van der Waals surface area contributed by atoms with Crippen molar-refractivity contribution in [2.45, 2.75) is 45.3 Å². The Labute approximate surface area is 125 Å². The third-order valence-electron chi connectivity index (χ3n) is 4.02. The van der Waals surface area contributed by atoms with Crippen LogP contribution in [0.4, 0.5) is 0 Å². The van der Waals surface area contributed by atoms with Gasteiger partial charge in [0.05, 0.1) is 24.5 Å². The summed E-state index contributed by atoms with van der Waals surface area (Å²) in [5, 5.41) is 3.53. The number of imidazole rings is 2. The molecule has 5 nitrogen and oxygen atoms in total. The van der Waals surface area contributed by atoms with Crippen LogP contribution in [0.2, 0.25) is 0 Å². The number of rotatable bonds is 7. The van der Waals surface area contributed by atoms with Crippen LogP contribution < -0.4 is 5.32 Å². The summed E-state index contributed by atoms with van der Waals surface area (Å²) in [4.78, 5) is 8.41. The van der Waals surface area contributed by atoms with Crippen LogP contribution in [0.25, 0.3) is 5.57 Å².